The maximum atomic E-state index is 13.1. The van der Waals surface area contributed by atoms with E-state index in [-0.39, 0.29) is 5.25 Å². The molecule has 8 heteroatoms. The minimum atomic E-state index is -3.35. The normalized spacial score (nSPS) is 23.5. The van der Waals surface area contributed by atoms with E-state index in [0.717, 1.165) is 37.2 Å². The van der Waals surface area contributed by atoms with Gasteiger partial charge in [0.1, 0.15) is 11.9 Å². The highest BCUT2D eigenvalue weighted by Crippen LogP contribution is 2.33. The van der Waals surface area contributed by atoms with Crippen molar-refractivity contribution in [3.05, 3.63) is 17.6 Å². The van der Waals surface area contributed by atoms with Gasteiger partial charge in [0, 0.05) is 32.4 Å². The summed E-state index contributed by atoms with van der Waals surface area (Å²) in [5.74, 6) is 1.31. The zero-order valence-electron chi connectivity index (χ0n) is 14.6. The van der Waals surface area contributed by atoms with Gasteiger partial charge in [-0.05, 0) is 19.8 Å². The first kappa shape index (κ1) is 17.6. The first-order valence-electron chi connectivity index (χ1n) is 8.51. The zero-order chi connectivity index (χ0) is 17.3. The van der Waals surface area contributed by atoms with E-state index in [0.29, 0.717) is 25.6 Å². The van der Waals surface area contributed by atoms with Crippen molar-refractivity contribution in [3.63, 3.8) is 0 Å². The summed E-state index contributed by atoms with van der Waals surface area (Å²) in [6, 6.07) is 1.45. The molecule has 0 unspecified atom stereocenters. The van der Waals surface area contributed by atoms with Crippen LogP contribution in [-0.4, -0.2) is 61.8 Å². The highest BCUT2D eigenvalue weighted by Gasteiger charge is 2.41. The summed E-state index contributed by atoms with van der Waals surface area (Å²) in [7, 11) is 0.480. The molecule has 1 aromatic heterocycles. The molecule has 3 rings (SSSR count). The Labute approximate surface area is 144 Å². The Morgan fingerprint density at radius 3 is 2.62 bits per heavy atom. The third-order valence-corrected chi connectivity index (χ3v) is 7.15. The summed E-state index contributed by atoms with van der Waals surface area (Å²) in [6.45, 7) is 3.01. The molecule has 7 nitrogen and oxygen atoms in total. The van der Waals surface area contributed by atoms with E-state index in [4.69, 9.17) is 4.74 Å². The highest BCUT2D eigenvalue weighted by atomic mass is 32.2. The van der Waals surface area contributed by atoms with E-state index in [1.54, 1.807) is 4.31 Å². The molecule has 0 bridgehead atoms. The summed E-state index contributed by atoms with van der Waals surface area (Å²) >= 11 is 0. The second-order valence-electron chi connectivity index (χ2n) is 6.77. The Bertz CT molecular complexity index is 687. The Morgan fingerprint density at radius 2 is 1.96 bits per heavy atom. The third-order valence-electron chi connectivity index (χ3n) is 4.74. The van der Waals surface area contributed by atoms with Crippen molar-refractivity contribution >= 4 is 15.8 Å². The minimum absolute atomic E-state index is 0.267. The van der Waals surface area contributed by atoms with Gasteiger partial charge in [-0.2, -0.15) is 4.31 Å². The first-order valence-corrected chi connectivity index (χ1v) is 10.0. The number of rotatable bonds is 4. The van der Waals surface area contributed by atoms with E-state index in [9.17, 15) is 8.42 Å². The number of morpholine rings is 1. The van der Waals surface area contributed by atoms with Crippen LogP contribution in [0.1, 0.15) is 43.2 Å². The van der Waals surface area contributed by atoms with Crippen molar-refractivity contribution in [2.45, 2.75) is 43.9 Å². The molecule has 134 valence electrons. The molecule has 2 heterocycles. The van der Waals surface area contributed by atoms with Gasteiger partial charge in [0.15, 0.2) is 5.82 Å². The quantitative estimate of drug-likeness (QED) is 0.816. The fourth-order valence-electron chi connectivity index (χ4n) is 3.43. The number of aryl methyl sites for hydroxylation is 1. The zero-order valence-corrected chi connectivity index (χ0v) is 15.4. The Balaban J connectivity index is 1.95. The number of nitrogens with zero attached hydrogens (tertiary/aromatic N) is 4. The number of sulfonamides is 1. The van der Waals surface area contributed by atoms with E-state index in [2.05, 4.69) is 9.97 Å². The predicted molar refractivity (Wildman–Crippen MR) is 92.5 cm³/mol. The van der Waals surface area contributed by atoms with E-state index >= 15 is 0 Å². The highest BCUT2D eigenvalue weighted by molar-refractivity contribution is 7.89. The molecule has 1 aliphatic heterocycles. The maximum Gasteiger partial charge on any atom is 0.217 e. The van der Waals surface area contributed by atoms with Gasteiger partial charge < -0.3 is 9.64 Å². The van der Waals surface area contributed by atoms with Gasteiger partial charge in [-0.1, -0.05) is 12.8 Å². The molecule has 0 amide bonds. The lowest BCUT2D eigenvalue weighted by Crippen LogP contribution is -2.47. The fourth-order valence-corrected chi connectivity index (χ4v) is 5.58. The second kappa shape index (κ2) is 6.93. The van der Waals surface area contributed by atoms with Gasteiger partial charge in [0.05, 0.1) is 18.5 Å². The van der Waals surface area contributed by atoms with E-state index < -0.39 is 16.1 Å². The molecule has 0 aromatic carbocycles. The molecule has 1 saturated carbocycles. The topological polar surface area (TPSA) is 75.6 Å². The molecule has 1 aliphatic carbocycles. The summed E-state index contributed by atoms with van der Waals surface area (Å²) in [5, 5.41) is -0.267. The Hall–Kier alpha value is -1.25. The average molecular weight is 354 g/mol. The van der Waals surface area contributed by atoms with Crippen LogP contribution in [0.4, 0.5) is 5.82 Å². The van der Waals surface area contributed by atoms with Crippen molar-refractivity contribution in [3.8, 4) is 0 Å². The van der Waals surface area contributed by atoms with Crippen molar-refractivity contribution in [1.29, 1.82) is 0 Å². The third kappa shape index (κ3) is 3.41. The lowest BCUT2D eigenvalue weighted by molar-refractivity contribution is 0.0285. The lowest BCUT2D eigenvalue weighted by atomic mass is 10.2. The summed E-state index contributed by atoms with van der Waals surface area (Å²) in [4.78, 5) is 11.0. The number of hydrogen-bond donors (Lipinski definition) is 0. The number of aromatic nitrogens is 2. The van der Waals surface area contributed by atoms with Gasteiger partial charge in [0.25, 0.3) is 0 Å². The molecule has 0 radical (unpaired) electrons. The van der Waals surface area contributed by atoms with Crippen molar-refractivity contribution in [1.82, 2.24) is 14.3 Å². The van der Waals surface area contributed by atoms with Crippen LogP contribution in [0.15, 0.2) is 6.07 Å². The van der Waals surface area contributed by atoms with Crippen molar-refractivity contribution in [2.75, 3.05) is 38.8 Å². The lowest BCUT2D eigenvalue weighted by Gasteiger charge is -2.35. The molecule has 1 saturated heterocycles. The molecule has 1 aromatic rings. The van der Waals surface area contributed by atoms with E-state index in [1.807, 2.05) is 32.0 Å². The monoisotopic (exact) mass is 354 g/mol. The number of ether oxygens (including phenoxy) is 1. The predicted octanol–water partition coefficient (Wildman–Crippen LogP) is 1.50. The van der Waals surface area contributed by atoms with E-state index in [1.165, 1.54) is 0 Å². The molecule has 24 heavy (non-hydrogen) atoms. The largest absolute Gasteiger partial charge is 0.378 e. The second-order valence-corrected chi connectivity index (χ2v) is 8.94. The van der Waals surface area contributed by atoms with Crippen molar-refractivity contribution in [2.24, 2.45) is 0 Å². The molecule has 0 N–H and O–H groups in total. The molecule has 2 fully saturated rings. The van der Waals surface area contributed by atoms with Gasteiger partial charge >= 0.3 is 0 Å². The molecule has 2 aliphatic rings. The molecule has 1 atom stereocenters. The van der Waals surface area contributed by atoms with Crippen LogP contribution in [0.3, 0.4) is 0 Å². The van der Waals surface area contributed by atoms with Crippen LogP contribution >= 0.6 is 0 Å². The average Bonchev–Trinajstić information content (AvgIpc) is 3.09. The fraction of sp³-hybridized carbons (Fsp3) is 0.750. The van der Waals surface area contributed by atoms with Crippen molar-refractivity contribution < 1.29 is 13.2 Å². The first-order chi connectivity index (χ1) is 11.4. The van der Waals surface area contributed by atoms with Gasteiger partial charge in [0.2, 0.25) is 10.0 Å². The standard InChI is InChI=1S/C16H26N4O3S/c1-12-10-15(19(2)3)18-16(17-12)14-11-23-9-8-20(14)24(21,22)13-6-4-5-7-13/h10,13-14H,4-9,11H2,1-3H3/t14-/m1/s1. The minimum Gasteiger partial charge on any atom is -0.378 e. The molecular weight excluding hydrogens is 328 g/mol. The van der Waals surface area contributed by atoms with Crippen LogP contribution in [0.25, 0.3) is 0 Å². The molecular formula is C16H26N4O3S. The summed E-state index contributed by atoms with van der Waals surface area (Å²) in [6.07, 6.45) is 3.49. The van der Waals surface area contributed by atoms with Crippen LogP contribution in [-0.2, 0) is 14.8 Å². The Kier molecular flexibility index (Phi) is 5.08. The SMILES string of the molecule is Cc1cc(N(C)C)nc([C@H]2COCCN2S(=O)(=O)C2CCCC2)n1. The van der Waals surface area contributed by atoms with Crippen LogP contribution in [0.2, 0.25) is 0 Å². The van der Waals surface area contributed by atoms with Gasteiger partial charge in [-0.15, -0.1) is 0 Å². The summed E-state index contributed by atoms with van der Waals surface area (Å²) < 4.78 is 33.3. The molecule has 0 spiro atoms. The van der Waals surface area contributed by atoms with Gasteiger partial charge in [-0.3, -0.25) is 0 Å². The number of anilines is 1. The maximum absolute atomic E-state index is 13.1. The Morgan fingerprint density at radius 1 is 1.25 bits per heavy atom. The van der Waals surface area contributed by atoms with Crippen LogP contribution in [0.5, 0.6) is 0 Å². The smallest absolute Gasteiger partial charge is 0.217 e. The summed E-state index contributed by atoms with van der Waals surface area (Å²) in [5.41, 5.74) is 0.826. The number of hydrogen-bond acceptors (Lipinski definition) is 6. The van der Waals surface area contributed by atoms with Crippen LogP contribution in [0, 0.1) is 6.92 Å². The van der Waals surface area contributed by atoms with Gasteiger partial charge in [-0.25, -0.2) is 18.4 Å². The van der Waals surface area contributed by atoms with Crippen LogP contribution < -0.4 is 4.90 Å².